The third kappa shape index (κ3) is 5.50. The molecule has 0 N–H and O–H groups in total. The Morgan fingerprint density at radius 2 is 1.19 bits per heavy atom. The van der Waals surface area contributed by atoms with Crippen molar-refractivity contribution in [2.75, 3.05) is 38.7 Å². The molecule has 0 aromatic heterocycles. The molecule has 10 heteroatoms. The number of sulfone groups is 2. The first kappa shape index (κ1) is 23.0. The van der Waals surface area contributed by atoms with Gasteiger partial charge in [-0.05, 0) is 48.9 Å². The Balaban J connectivity index is 1.70. The number of benzene rings is 2. The minimum absolute atomic E-state index is 0.0857. The van der Waals surface area contributed by atoms with Crippen LogP contribution >= 0.6 is 0 Å². The molecule has 0 aliphatic carbocycles. The van der Waals surface area contributed by atoms with Crippen molar-refractivity contribution in [2.24, 2.45) is 0 Å². The van der Waals surface area contributed by atoms with E-state index >= 15 is 0 Å². The Bertz CT molecular complexity index is 1200. The van der Waals surface area contributed by atoms with Crippen molar-refractivity contribution in [1.29, 1.82) is 0 Å². The van der Waals surface area contributed by atoms with E-state index in [-0.39, 0.29) is 21.6 Å². The first-order valence-corrected chi connectivity index (χ1v) is 13.4. The van der Waals surface area contributed by atoms with Gasteiger partial charge in [0.15, 0.2) is 19.7 Å². The van der Waals surface area contributed by atoms with Crippen LogP contribution < -0.4 is 0 Å². The van der Waals surface area contributed by atoms with Crippen molar-refractivity contribution >= 4 is 31.5 Å². The molecule has 1 saturated heterocycles. The van der Waals surface area contributed by atoms with Crippen molar-refractivity contribution in [2.45, 2.75) is 16.2 Å². The van der Waals surface area contributed by atoms with E-state index in [2.05, 4.69) is 0 Å². The molecule has 2 aromatic carbocycles. The van der Waals surface area contributed by atoms with Crippen LogP contribution in [-0.2, 0) is 19.7 Å². The van der Waals surface area contributed by atoms with Gasteiger partial charge in [-0.25, -0.2) is 16.8 Å². The van der Waals surface area contributed by atoms with Crippen molar-refractivity contribution in [3.63, 3.8) is 0 Å². The highest BCUT2D eigenvalue weighted by molar-refractivity contribution is 7.91. The van der Waals surface area contributed by atoms with Gasteiger partial charge in [0.1, 0.15) is 0 Å². The number of hydrogen-bond donors (Lipinski definition) is 0. The van der Waals surface area contributed by atoms with Crippen molar-refractivity contribution in [1.82, 2.24) is 9.80 Å². The average molecular weight is 465 g/mol. The second-order valence-corrected chi connectivity index (χ2v) is 11.6. The lowest BCUT2D eigenvalue weighted by atomic mass is 10.2. The summed E-state index contributed by atoms with van der Waals surface area (Å²) in [5.41, 5.74) is 0.673. The molecule has 2 amide bonds. The van der Waals surface area contributed by atoms with Gasteiger partial charge >= 0.3 is 0 Å². The van der Waals surface area contributed by atoms with E-state index in [0.29, 0.717) is 43.7 Å². The van der Waals surface area contributed by atoms with Crippen LogP contribution in [-0.4, -0.2) is 77.1 Å². The summed E-state index contributed by atoms with van der Waals surface area (Å²) in [7, 11) is -6.76. The fourth-order valence-electron chi connectivity index (χ4n) is 3.39. The monoisotopic (exact) mass is 464 g/mol. The maximum absolute atomic E-state index is 12.9. The molecule has 166 valence electrons. The van der Waals surface area contributed by atoms with Crippen LogP contribution in [0.1, 0.15) is 27.1 Å². The van der Waals surface area contributed by atoms with E-state index in [9.17, 15) is 26.4 Å². The van der Waals surface area contributed by atoms with E-state index < -0.39 is 19.7 Å². The molecule has 1 aliphatic heterocycles. The Morgan fingerprint density at radius 3 is 1.71 bits per heavy atom. The summed E-state index contributed by atoms with van der Waals surface area (Å²) in [5, 5.41) is 0. The van der Waals surface area contributed by atoms with Gasteiger partial charge < -0.3 is 9.80 Å². The highest BCUT2D eigenvalue weighted by Crippen LogP contribution is 2.17. The molecule has 0 radical (unpaired) electrons. The van der Waals surface area contributed by atoms with Gasteiger partial charge in [0.05, 0.1) is 9.79 Å². The fourth-order valence-corrected chi connectivity index (χ4v) is 4.69. The average Bonchev–Trinajstić information content (AvgIpc) is 2.98. The number of hydrogen-bond acceptors (Lipinski definition) is 6. The van der Waals surface area contributed by atoms with Gasteiger partial charge in [-0.1, -0.05) is 6.07 Å². The highest BCUT2D eigenvalue weighted by atomic mass is 32.2. The van der Waals surface area contributed by atoms with E-state index in [0.717, 1.165) is 12.5 Å². The van der Waals surface area contributed by atoms with Crippen LogP contribution in [0.3, 0.4) is 0 Å². The molecule has 0 spiro atoms. The number of amides is 2. The van der Waals surface area contributed by atoms with Crippen molar-refractivity contribution < 1.29 is 26.4 Å². The predicted octanol–water partition coefficient (Wildman–Crippen LogP) is 1.48. The third-order valence-corrected chi connectivity index (χ3v) is 7.35. The molecular weight excluding hydrogens is 440 g/mol. The Labute approximate surface area is 182 Å². The molecule has 0 saturated carbocycles. The van der Waals surface area contributed by atoms with E-state index in [4.69, 9.17) is 0 Å². The lowest BCUT2D eigenvalue weighted by Gasteiger charge is -2.22. The predicted molar refractivity (Wildman–Crippen MR) is 116 cm³/mol. The fraction of sp³-hybridized carbons (Fsp3) is 0.333. The minimum Gasteiger partial charge on any atom is -0.337 e. The topological polar surface area (TPSA) is 109 Å². The molecule has 31 heavy (non-hydrogen) atoms. The number of rotatable bonds is 4. The first-order valence-electron chi connectivity index (χ1n) is 9.65. The SMILES string of the molecule is CS(=O)(=O)c1ccc(C(=O)N2CCCN(C(=O)c3cccc(S(C)(=O)=O)c3)CC2)cc1. The van der Waals surface area contributed by atoms with E-state index in [1.54, 1.807) is 15.9 Å². The van der Waals surface area contributed by atoms with Gasteiger partial charge in [0, 0.05) is 49.8 Å². The summed E-state index contributed by atoms with van der Waals surface area (Å²) in [6.07, 6.45) is 2.77. The van der Waals surface area contributed by atoms with Gasteiger partial charge in [0.2, 0.25) is 0 Å². The van der Waals surface area contributed by atoms with Gasteiger partial charge in [-0.15, -0.1) is 0 Å². The van der Waals surface area contributed by atoms with Crippen LogP contribution in [0.15, 0.2) is 58.3 Å². The zero-order chi connectivity index (χ0) is 22.8. The van der Waals surface area contributed by atoms with E-state index in [1.165, 1.54) is 42.5 Å². The molecular formula is C21H24N2O6S2. The van der Waals surface area contributed by atoms with Crippen LogP contribution in [0.25, 0.3) is 0 Å². The maximum atomic E-state index is 12.9. The summed E-state index contributed by atoms with van der Waals surface area (Å²) >= 11 is 0. The lowest BCUT2D eigenvalue weighted by molar-refractivity contribution is 0.0718. The van der Waals surface area contributed by atoms with Crippen LogP contribution in [0, 0.1) is 0 Å². The van der Waals surface area contributed by atoms with Gasteiger partial charge in [0.25, 0.3) is 11.8 Å². The summed E-state index contributed by atoms with van der Waals surface area (Å²) in [6, 6.07) is 11.7. The lowest BCUT2D eigenvalue weighted by Crippen LogP contribution is -2.37. The molecule has 8 nitrogen and oxygen atoms in total. The summed E-state index contributed by atoms with van der Waals surface area (Å²) in [6.45, 7) is 1.54. The summed E-state index contributed by atoms with van der Waals surface area (Å²) < 4.78 is 46.7. The van der Waals surface area contributed by atoms with Crippen LogP contribution in [0.2, 0.25) is 0 Å². The third-order valence-electron chi connectivity index (χ3n) is 5.11. The number of nitrogens with zero attached hydrogens (tertiary/aromatic N) is 2. The van der Waals surface area contributed by atoms with Gasteiger partial charge in [-0.3, -0.25) is 9.59 Å². The van der Waals surface area contributed by atoms with Crippen molar-refractivity contribution in [3.05, 3.63) is 59.7 Å². The molecule has 0 unspecified atom stereocenters. The van der Waals surface area contributed by atoms with Crippen LogP contribution in [0.5, 0.6) is 0 Å². The van der Waals surface area contributed by atoms with Crippen LogP contribution in [0.4, 0.5) is 0 Å². The molecule has 3 rings (SSSR count). The molecule has 1 heterocycles. The Kier molecular flexibility index (Phi) is 6.51. The Morgan fingerprint density at radius 1 is 0.677 bits per heavy atom. The van der Waals surface area contributed by atoms with Gasteiger partial charge in [-0.2, -0.15) is 0 Å². The smallest absolute Gasteiger partial charge is 0.253 e. The number of carbonyl (C=O) groups excluding carboxylic acids is 2. The summed E-state index contributed by atoms with van der Waals surface area (Å²) in [4.78, 5) is 29.2. The van der Waals surface area contributed by atoms with E-state index in [1.807, 2.05) is 0 Å². The highest BCUT2D eigenvalue weighted by Gasteiger charge is 2.24. The molecule has 0 bridgehead atoms. The standard InChI is InChI=1S/C21H24N2O6S2/c1-30(26,27)18-9-7-16(8-10-18)20(24)22-11-4-12-23(14-13-22)21(25)17-5-3-6-19(15-17)31(2,28)29/h3,5-10,15H,4,11-14H2,1-2H3. The molecule has 1 fully saturated rings. The molecule has 1 aliphatic rings. The normalized spacial score (nSPS) is 15.4. The number of carbonyl (C=O) groups is 2. The van der Waals surface area contributed by atoms with Crippen molar-refractivity contribution in [3.8, 4) is 0 Å². The largest absolute Gasteiger partial charge is 0.337 e. The first-order chi connectivity index (χ1) is 14.5. The second kappa shape index (κ2) is 8.80. The zero-order valence-corrected chi connectivity index (χ0v) is 18.9. The molecule has 2 aromatic rings. The maximum Gasteiger partial charge on any atom is 0.253 e. The quantitative estimate of drug-likeness (QED) is 0.678. The second-order valence-electron chi connectivity index (χ2n) is 7.53. The minimum atomic E-state index is -3.42. The zero-order valence-electron chi connectivity index (χ0n) is 17.3. The molecule has 0 atom stereocenters. The Hall–Kier alpha value is -2.72. The summed E-state index contributed by atoms with van der Waals surface area (Å²) in [5.74, 6) is -0.509.